The number of alkyl halides is 3. The van der Waals surface area contributed by atoms with E-state index in [1.165, 1.54) is 0 Å². The third-order valence-electron chi connectivity index (χ3n) is 2.62. The van der Waals surface area contributed by atoms with Crippen LogP contribution in [0.25, 0.3) is 0 Å². The van der Waals surface area contributed by atoms with Crippen molar-refractivity contribution in [2.24, 2.45) is 0 Å². The van der Waals surface area contributed by atoms with Crippen LogP contribution >= 0.6 is 12.4 Å². The molecule has 1 fully saturated rings. The number of ether oxygens (including phenoxy) is 1. The molecule has 2 nitrogen and oxygen atoms in total. The molecule has 0 amide bonds. The molecule has 1 saturated heterocycles. The van der Waals surface area contributed by atoms with Crippen LogP contribution in [0.5, 0.6) is 0 Å². The van der Waals surface area contributed by atoms with E-state index in [1.54, 1.807) is 0 Å². The van der Waals surface area contributed by atoms with E-state index in [2.05, 4.69) is 5.32 Å². The van der Waals surface area contributed by atoms with Crippen LogP contribution in [-0.4, -0.2) is 19.8 Å². The van der Waals surface area contributed by atoms with Crippen molar-refractivity contribution in [1.29, 1.82) is 0 Å². The Morgan fingerprint density at radius 3 is 2.56 bits per heavy atom. The highest BCUT2D eigenvalue weighted by molar-refractivity contribution is 5.85. The molecule has 0 spiro atoms. The van der Waals surface area contributed by atoms with E-state index in [4.69, 9.17) is 4.74 Å². The first kappa shape index (κ1) is 15.2. The first-order valence-corrected chi connectivity index (χ1v) is 5.16. The fraction of sp³-hybridized carbons (Fsp3) is 0.455. The van der Waals surface area contributed by atoms with E-state index in [0.29, 0.717) is 13.2 Å². The zero-order valence-corrected chi connectivity index (χ0v) is 10.1. The summed E-state index contributed by atoms with van der Waals surface area (Å²) in [4.78, 5) is 0. The van der Waals surface area contributed by atoms with Gasteiger partial charge in [-0.25, -0.2) is 4.39 Å². The third-order valence-corrected chi connectivity index (χ3v) is 2.62. The molecule has 7 heteroatoms. The smallest absolute Gasteiger partial charge is 0.378 e. The van der Waals surface area contributed by atoms with Gasteiger partial charge in [0.1, 0.15) is 5.82 Å². The summed E-state index contributed by atoms with van der Waals surface area (Å²) in [6, 6.07) is 1.88. The normalized spacial score (nSPS) is 20.3. The second-order valence-electron chi connectivity index (χ2n) is 3.81. The summed E-state index contributed by atoms with van der Waals surface area (Å²) in [6.07, 6.45) is -4.48. The summed E-state index contributed by atoms with van der Waals surface area (Å²) in [5.74, 6) is -0.680. The van der Waals surface area contributed by atoms with Gasteiger partial charge in [-0.2, -0.15) is 13.2 Å². The lowest BCUT2D eigenvalue weighted by Gasteiger charge is -2.26. The summed E-state index contributed by atoms with van der Waals surface area (Å²) < 4.78 is 56.4. The van der Waals surface area contributed by atoms with Crippen molar-refractivity contribution in [3.8, 4) is 0 Å². The summed E-state index contributed by atoms with van der Waals surface area (Å²) in [6.45, 7) is 1.03. The second kappa shape index (κ2) is 5.86. The number of hydrogen-bond acceptors (Lipinski definition) is 2. The molecular weight excluding hydrogens is 274 g/mol. The van der Waals surface area contributed by atoms with E-state index in [0.717, 1.165) is 18.2 Å². The predicted octanol–water partition coefficient (Wildman–Crippen LogP) is 2.93. The van der Waals surface area contributed by atoms with Crippen LogP contribution in [0.15, 0.2) is 18.2 Å². The molecule has 1 aromatic carbocycles. The van der Waals surface area contributed by atoms with Gasteiger partial charge in [-0.3, -0.25) is 0 Å². The van der Waals surface area contributed by atoms with Gasteiger partial charge in [-0.1, -0.05) is 0 Å². The van der Waals surface area contributed by atoms with Crippen molar-refractivity contribution >= 4 is 12.4 Å². The molecule has 1 atom stereocenters. The van der Waals surface area contributed by atoms with E-state index in [-0.39, 0.29) is 24.6 Å². The van der Waals surface area contributed by atoms with Crippen LogP contribution in [0, 0.1) is 5.82 Å². The van der Waals surface area contributed by atoms with Crippen molar-refractivity contribution in [2.45, 2.75) is 12.2 Å². The Balaban J connectivity index is 0.00000162. The quantitative estimate of drug-likeness (QED) is 0.801. The van der Waals surface area contributed by atoms with Crippen LogP contribution in [0.4, 0.5) is 17.6 Å². The maximum Gasteiger partial charge on any atom is 0.416 e. The van der Waals surface area contributed by atoms with Crippen LogP contribution in [-0.2, 0) is 10.9 Å². The minimum atomic E-state index is -4.48. The number of hydrogen-bond donors (Lipinski definition) is 1. The lowest BCUT2D eigenvalue weighted by molar-refractivity contribution is -0.138. The van der Waals surface area contributed by atoms with Gasteiger partial charge in [0.15, 0.2) is 0 Å². The monoisotopic (exact) mass is 285 g/mol. The molecule has 1 aliphatic rings. The highest BCUT2D eigenvalue weighted by Crippen LogP contribution is 2.35. The lowest BCUT2D eigenvalue weighted by Crippen LogP contribution is -2.35. The molecule has 1 heterocycles. The Morgan fingerprint density at radius 2 is 2.00 bits per heavy atom. The van der Waals surface area contributed by atoms with Gasteiger partial charge in [-0.15, -0.1) is 12.4 Å². The molecule has 0 aliphatic carbocycles. The predicted molar refractivity (Wildman–Crippen MR) is 60.2 cm³/mol. The van der Waals surface area contributed by atoms with Crippen LogP contribution in [0.3, 0.4) is 0 Å². The molecule has 18 heavy (non-hydrogen) atoms. The fourth-order valence-corrected chi connectivity index (χ4v) is 1.85. The molecular formula is C11H12ClF4NO. The van der Waals surface area contributed by atoms with Crippen molar-refractivity contribution in [3.05, 3.63) is 35.1 Å². The van der Waals surface area contributed by atoms with Gasteiger partial charge >= 0.3 is 6.18 Å². The van der Waals surface area contributed by atoms with E-state index in [1.807, 2.05) is 0 Å². The van der Waals surface area contributed by atoms with Crippen LogP contribution < -0.4 is 5.32 Å². The molecule has 0 saturated carbocycles. The average molecular weight is 286 g/mol. The van der Waals surface area contributed by atoms with E-state index < -0.39 is 23.6 Å². The number of rotatable bonds is 1. The van der Waals surface area contributed by atoms with Gasteiger partial charge < -0.3 is 10.1 Å². The molecule has 1 aromatic rings. The third kappa shape index (κ3) is 3.34. The zero-order chi connectivity index (χ0) is 12.5. The van der Waals surface area contributed by atoms with Gasteiger partial charge in [0.05, 0.1) is 24.8 Å². The lowest BCUT2D eigenvalue weighted by atomic mass is 9.99. The Hall–Kier alpha value is -0.850. The Morgan fingerprint density at radius 1 is 1.28 bits per heavy atom. The molecule has 1 aliphatic heterocycles. The second-order valence-corrected chi connectivity index (χ2v) is 3.81. The number of benzene rings is 1. The Bertz CT molecular complexity index is 405. The number of nitrogens with one attached hydrogen (secondary N) is 1. The SMILES string of the molecule is Cl.Fc1ccc(C(F)(F)F)c([C@H]2COCCN2)c1. The summed E-state index contributed by atoms with van der Waals surface area (Å²) >= 11 is 0. The number of morpholine rings is 1. The molecule has 1 N–H and O–H groups in total. The average Bonchev–Trinajstić information content (AvgIpc) is 2.28. The van der Waals surface area contributed by atoms with Crippen molar-refractivity contribution in [3.63, 3.8) is 0 Å². The summed E-state index contributed by atoms with van der Waals surface area (Å²) in [5, 5.41) is 2.88. The number of halogens is 5. The minimum absolute atomic E-state index is 0. The van der Waals surface area contributed by atoms with Gasteiger partial charge in [-0.05, 0) is 23.8 Å². The summed E-state index contributed by atoms with van der Waals surface area (Å²) in [7, 11) is 0. The highest BCUT2D eigenvalue weighted by Gasteiger charge is 2.35. The molecule has 0 unspecified atom stereocenters. The molecule has 102 valence electrons. The van der Waals surface area contributed by atoms with Gasteiger partial charge in [0, 0.05) is 6.54 Å². The minimum Gasteiger partial charge on any atom is -0.378 e. The first-order chi connectivity index (χ1) is 7.98. The fourth-order valence-electron chi connectivity index (χ4n) is 1.85. The standard InChI is InChI=1S/C11H11F4NO.ClH/c12-7-1-2-9(11(13,14)15)8(5-7)10-6-17-4-3-16-10;/h1-2,5,10,16H,3-4,6H2;1H/t10-;/m1./s1. The van der Waals surface area contributed by atoms with Crippen molar-refractivity contribution in [1.82, 2.24) is 5.32 Å². The Labute approximate surface area is 108 Å². The van der Waals surface area contributed by atoms with E-state index in [9.17, 15) is 17.6 Å². The maximum atomic E-state index is 13.1. The van der Waals surface area contributed by atoms with Crippen molar-refractivity contribution < 1.29 is 22.3 Å². The molecule has 2 rings (SSSR count). The van der Waals surface area contributed by atoms with Crippen molar-refractivity contribution in [2.75, 3.05) is 19.8 Å². The highest BCUT2D eigenvalue weighted by atomic mass is 35.5. The van der Waals surface area contributed by atoms with E-state index >= 15 is 0 Å². The van der Waals surface area contributed by atoms with Gasteiger partial charge in [0.2, 0.25) is 0 Å². The molecule has 0 aromatic heterocycles. The van der Waals surface area contributed by atoms with Gasteiger partial charge in [0.25, 0.3) is 0 Å². The Kier molecular flexibility index (Phi) is 4.95. The van der Waals surface area contributed by atoms with Crippen LogP contribution in [0.2, 0.25) is 0 Å². The first-order valence-electron chi connectivity index (χ1n) is 5.16. The van der Waals surface area contributed by atoms with Crippen LogP contribution in [0.1, 0.15) is 17.2 Å². The molecule has 0 radical (unpaired) electrons. The zero-order valence-electron chi connectivity index (χ0n) is 9.26. The topological polar surface area (TPSA) is 21.3 Å². The molecule has 0 bridgehead atoms. The largest absolute Gasteiger partial charge is 0.416 e. The maximum absolute atomic E-state index is 13.1. The summed E-state index contributed by atoms with van der Waals surface area (Å²) in [5.41, 5.74) is -0.917.